The topological polar surface area (TPSA) is 100 Å². The Hall–Kier alpha value is -3.74. The number of nitrogens with zero attached hydrogens (tertiary/aromatic N) is 1. The van der Waals surface area contributed by atoms with E-state index in [1.54, 1.807) is 41.3 Å². The molecule has 0 spiro atoms. The van der Waals surface area contributed by atoms with Crippen LogP contribution in [-0.2, 0) is 4.79 Å². The van der Waals surface area contributed by atoms with Crippen LogP contribution in [0.3, 0.4) is 0 Å². The summed E-state index contributed by atoms with van der Waals surface area (Å²) in [5.74, 6) is -1.05. The first kappa shape index (κ1) is 20.2. The van der Waals surface area contributed by atoms with Gasteiger partial charge in [0.2, 0.25) is 5.78 Å². The number of aliphatic hydroxyl groups excluding tert-OH is 1. The highest BCUT2D eigenvalue weighted by Crippen LogP contribution is 2.44. The maximum atomic E-state index is 13.6. The lowest BCUT2D eigenvalue weighted by Gasteiger charge is -2.32. The van der Waals surface area contributed by atoms with E-state index in [0.717, 1.165) is 25.7 Å². The number of fused-ring (bicyclic) bond motifs is 1. The normalized spacial score (nSPS) is 19.3. The zero-order valence-corrected chi connectivity index (χ0v) is 17.6. The number of Topliss-reactive ketones (excluding diaryl/α,β-unsaturated/α-hetero) is 1. The minimum atomic E-state index is -0.756. The molecule has 1 atom stereocenters. The lowest BCUT2D eigenvalue weighted by Crippen LogP contribution is -2.38. The van der Waals surface area contributed by atoms with E-state index in [1.807, 2.05) is 0 Å². The molecular formula is C25H23NO6. The molecule has 164 valence electrons. The number of hydrogen-bond acceptors (Lipinski definition) is 6. The number of ketones is 1. The van der Waals surface area contributed by atoms with E-state index >= 15 is 0 Å². The number of furan rings is 1. The summed E-state index contributed by atoms with van der Waals surface area (Å²) in [7, 11) is 1.52. The highest BCUT2D eigenvalue weighted by molar-refractivity contribution is 6.16. The summed E-state index contributed by atoms with van der Waals surface area (Å²) in [6.07, 6.45) is 3.61. The lowest BCUT2D eigenvalue weighted by atomic mass is 9.94. The van der Waals surface area contributed by atoms with Gasteiger partial charge in [0, 0.05) is 11.4 Å². The van der Waals surface area contributed by atoms with E-state index in [0.29, 0.717) is 22.3 Å². The summed E-state index contributed by atoms with van der Waals surface area (Å²) in [4.78, 5) is 28.3. The van der Waals surface area contributed by atoms with Crippen LogP contribution in [0.5, 0.6) is 11.5 Å². The molecule has 2 aliphatic rings. The van der Waals surface area contributed by atoms with Crippen molar-refractivity contribution in [1.29, 1.82) is 0 Å². The third-order valence-corrected chi connectivity index (χ3v) is 6.37. The minimum Gasteiger partial charge on any atom is -0.508 e. The molecule has 1 amide bonds. The number of carbonyl (C=O) groups is 2. The van der Waals surface area contributed by atoms with Gasteiger partial charge in [0.1, 0.15) is 5.75 Å². The number of hydrogen-bond donors (Lipinski definition) is 2. The van der Waals surface area contributed by atoms with Crippen LogP contribution in [0.1, 0.15) is 47.8 Å². The number of para-hydroxylation sites is 1. The molecule has 32 heavy (non-hydrogen) atoms. The molecule has 2 N–H and O–H groups in total. The Labute approximate surface area is 184 Å². The molecule has 1 aliphatic heterocycles. The molecule has 7 nitrogen and oxygen atoms in total. The van der Waals surface area contributed by atoms with Crippen molar-refractivity contribution in [3.8, 4) is 11.5 Å². The quantitative estimate of drug-likeness (QED) is 0.567. The molecule has 1 unspecified atom stereocenters. The first-order valence-electron chi connectivity index (χ1n) is 10.7. The van der Waals surface area contributed by atoms with Gasteiger partial charge in [-0.05, 0) is 42.7 Å². The van der Waals surface area contributed by atoms with E-state index in [9.17, 15) is 19.8 Å². The molecule has 7 heteroatoms. The standard InChI is InChI=1S/C25H23NO6/c1-31-18-8-4-5-15-13-19(32-24(15)18)22(28)20-21(14-9-11-17(27)12-10-14)26(25(30)23(20)29)16-6-2-3-7-16/h4-5,8-13,16,21,27,29H,2-3,6-7H2,1H3. The van der Waals surface area contributed by atoms with Crippen LogP contribution in [0.4, 0.5) is 0 Å². The van der Waals surface area contributed by atoms with E-state index in [1.165, 1.54) is 19.2 Å². The van der Waals surface area contributed by atoms with Crippen LogP contribution in [0.2, 0.25) is 0 Å². The molecule has 0 bridgehead atoms. The van der Waals surface area contributed by atoms with Crippen molar-refractivity contribution in [1.82, 2.24) is 4.90 Å². The summed E-state index contributed by atoms with van der Waals surface area (Å²) in [5.41, 5.74) is 1.06. The van der Waals surface area contributed by atoms with Crippen LogP contribution in [0, 0.1) is 0 Å². The molecule has 5 rings (SSSR count). The minimum absolute atomic E-state index is 0.00869. The number of phenols is 1. The fourth-order valence-corrected chi connectivity index (χ4v) is 4.84. The van der Waals surface area contributed by atoms with E-state index in [4.69, 9.17) is 9.15 Å². The monoisotopic (exact) mass is 433 g/mol. The largest absolute Gasteiger partial charge is 0.508 e. The summed E-state index contributed by atoms with van der Waals surface area (Å²) in [5, 5.41) is 21.2. The molecule has 3 aromatic rings. The molecule has 1 saturated carbocycles. The second-order valence-electron chi connectivity index (χ2n) is 8.23. The summed E-state index contributed by atoms with van der Waals surface area (Å²) in [6.45, 7) is 0. The predicted octanol–water partition coefficient (Wildman–Crippen LogP) is 4.67. The zero-order valence-electron chi connectivity index (χ0n) is 17.6. The Bertz CT molecular complexity index is 1230. The van der Waals surface area contributed by atoms with Gasteiger partial charge in [-0.3, -0.25) is 9.59 Å². The molecular weight excluding hydrogens is 410 g/mol. The Morgan fingerprint density at radius 1 is 1.09 bits per heavy atom. The van der Waals surface area contributed by atoms with Gasteiger partial charge >= 0.3 is 0 Å². The molecule has 1 fully saturated rings. The number of carbonyl (C=O) groups excluding carboxylic acids is 2. The smallest absolute Gasteiger partial charge is 0.290 e. The van der Waals surface area contributed by atoms with Gasteiger partial charge in [-0.2, -0.15) is 0 Å². The first-order chi connectivity index (χ1) is 15.5. The molecule has 1 aromatic heterocycles. The van der Waals surface area contributed by atoms with Crippen molar-refractivity contribution in [2.24, 2.45) is 0 Å². The molecule has 2 heterocycles. The van der Waals surface area contributed by atoms with Crippen LogP contribution in [0.25, 0.3) is 11.0 Å². The fourth-order valence-electron chi connectivity index (χ4n) is 4.84. The Morgan fingerprint density at radius 2 is 1.81 bits per heavy atom. The Kier molecular flexibility index (Phi) is 4.89. The summed E-state index contributed by atoms with van der Waals surface area (Å²) >= 11 is 0. The average molecular weight is 433 g/mol. The fraction of sp³-hybridized carbons (Fsp3) is 0.280. The van der Waals surface area contributed by atoms with Crippen LogP contribution in [-0.4, -0.2) is 40.0 Å². The van der Waals surface area contributed by atoms with Crippen molar-refractivity contribution in [2.75, 3.05) is 7.11 Å². The number of rotatable bonds is 5. The van der Waals surface area contributed by atoms with Gasteiger partial charge in [-0.15, -0.1) is 0 Å². The van der Waals surface area contributed by atoms with E-state index < -0.39 is 23.5 Å². The molecule has 0 radical (unpaired) electrons. The number of phenolic OH excluding ortho intramolecular Hbond substituents is 1. The number of aromatic hydroxyl groups is 1. The maximum absolute atomic E-state index is 13.6. The second-order valence-corrected chi connectivity index (χ2v) is 8.23. The highest BCUT2D eigenvalue weighted by Gasteiger charge is 2.47. The van der Waals surface area contributed by atoms with Crippen molar-refractivity contribution in [3.05, 3.63) is 71.2 Å². The van der Waals surface area contributed by atoms with Gasteiger partial charge in [0.25, 0.3) is 5.91 Å². The number of benzene rings is 2. The molecule has 2 aromatic carbocycles. The zero-order chi connectivity index (χ0) is 22.4. The van der Waals surface area contributed by atoms with Gasteiger partial charge in [0.15, 0.2) is 22.9 Å². The van der Waals surface area contributed by atoms with Gasteiger partial charge in [-0.25, -0.2) is 0 Å². The molecule has 0 saturated heterocycles. The Balaban J connectivity index is 1.62. The van der Waals surface area contributed by atoms with Crippen molar-refractivity contribution in [3.63, 3.8) is 0 Å². The number of amides is 1. The van der Waals surface area contributed by atoms with E-state index in [2.05, 4.69) is 0 Å². The van der Waals surface area contributed by atoms with Crippen LogP contribution in [0.15, 0.2) is 64.3 Å². The third-order valence-electron chi connectivity index (χ3n) is 6.37. The Morgan fingerprint density at radius 3 is 2.50 bits per heavy atom. The summed E-state index contributed by atoms with van der Waals surface area (Å²) in [6, 6.07) is 12.5. The SMILES string of the molecule is COc1cccc2cc(C(=O)C3=C(O)C(=O)N(C4CCCC4)C3c3ccc(O)cc3)oc12. The lowest BCUT2D eigenvalue weighted by molar-refractivity contribution is -0.131. The highest BCUT2D eigenvalue weighted by atomic mass is 16.5. The number of ether oxygens (including phenoxy) is 1. The average Bonchev–Trinajstić information content (AvgIpc) is 3.53. The van der Waals surface area contributed by atoms with E-state index in [-0.39, 0.29) is 23.1 Å². The van der Waals surface area contributed by atoms with Crippen molar-refractivity contribution < 1.29 is 29.0 Å². The van der Waals surface area contributed by atoms with Gasteiger partial charge in [0.05, 0.1) is 18.7 Å². The second kappa shape index (κ2) is 7.75. The first-order valence-corrected chi connectivity index (χ1v) is 10.7. The molecule has 1 aliphatic carbocycles. The maximum Gasteiger partial charge on any atom is 0.290 e. The van der Waals surface area contributed by atoms with Gasteiger partial charge < -0.3 is 24.3 Å². The number of aliphatic hydroxyl groups is 1. The third kappa shape index (κ3) is 3.12. The van der Waals surface area contributed by atoms with Crippen molar-refractivity contribution >= 4 is 22.7 Å². The predicted molar refractivity (Wildman–Crippen MR) is 117 cm³/mol. The van der Waals surface area contributed by atoms with Crippen LogP contribution < -0.4 is 4.74 Å². The number of methoxy groups -OCH3 is 1. The van der Waals surface area contributed by atoms with Gasteiger partial charge in [-0.1, -0.05) is 37.1 Å². The van der Waals surface area contributed by atoms with Crippen molar-refractivity contribution in [2.45, 2.75) is 37.8 Å². The van der Waals surface area contributed by atoms with Crippen LogP contribution >= 0.6 is 0 Å². The summed E-state index contributed by atoms with van der Waals surface area (Å²) < 4.78 is 11.1.